The zero-order chi connectivity index (χ0) is 16.6. The van der Waals surface area contributed by atoms with Gasteiger partial charge >= 0.3 is 0 Å². The first kappa shape index (κ1) is 15.5. The van der Waals surface area contributed by atoms with Gasteiger partial charge in [0.05, 0.1) is 5.69 Å². The Hall–Kier alpha value is -2.40. The van der Waals surface area contributed by atoms with Gasteiger partial charge in [-0.3, -0.25) is 14.5 Å². The fourth-order valence-electron chi connectivity index (χ4n) is 2.79. The molecular weight excluding hydrogens is 319 g/mol. The minimum absolute atomic E-state index is 0.0406. The summed E-state index contributed by atoms with van der Waals surface area (Å²) in [6.07, 6.45) is 0.400. The first-order valence-corrected chi connectivity index (χ1v) is 7.49. The summed E-state index contributed by atoms with van der Waals surface area (Å²) in [6, 6.07) is 10.7. The number of rotatable bonds is 2. The zero-order valence-corrected chi connectivity index (χ0v) is 13.1. The van der Waals surface area contributed by atoms with Gasteiger partial charge in [0.1, 0.15) is 11.9 Å². The van der Waals surface area contributed by atoms with Crippen molar-refractivity contribution >= 4 is 34.8 Å². The Morgan fingerprint density at radius 1 is 1.26 bits per heavy atom. The highest BCUT2D eigenvalue weighted by atomic mass is 35.5. The van der Waals surface area contributed by atoms with Gasteiger partial charge in [0.25, 0.3) is 0 Å². The third-order valence-electron chi connectivity index (χ3n) is 3.81. The molecule has 0 saturated heterocycles. The zero-order valence-electron chi connectivity index (χ0n) is 12.3. The maximum atomic E-state index is 13.8. The average molecular weight is 333 g/mol. The summed E-state index contributed by atoms with van der Waals surface area (Å²) in [5.74, 6) is -1.28. The van der Waals surface area contributed by atoms with Crippen molar-refractivity contribution in [3.63, 3.8) is 0 Å². The largest absolute Gasteiger partial charge is 0.322 e. The van der Waals surface area contributed by atoms with Crippen molar-refractivity contribution in [2.45, 2.75) is 19.4 Å². The molecule has 23 heavy (non-hydrogen) atoms. The Morgan fingerprint density at radius 3 is 2.70 bits per heavy atom. The van der Waals surface area contributed by atoms with Crippen LogP contribution in [0.1, 0.15) is 12.5 Å². The van der Waals surface area contributed by atoms with Gasteiger partial charge in [0.15, 0.2) is 0 Å². The Labute approximate surface area is 137 Å². The van der Waals surface area contributed by atoms with Crippen LogP contribution in [0.3, 0.4) is 0 Å². The topological polar surface area (TPSA) is 49.4 Å². The highest BCUT2D eigenvalue weighted by Crippen LogP contribution is 2.32. The van der Waals surface area contributed by atoms with E-state index in [2.05, 4.69) is 5.32 Å². The quantitative estimate of drug-likeness (QED) is 0.916. The molecule has 1 N–H and O–H groups in total. The van der Waals surface area contributed by atoms with Gasteiger partial charge in [0, 0.05) is 24.1 Å². The molecule has 1 atom stereocenters. The number of para-hydroxylation sites is 1. The highest BCUT2D eigenvalue weighted by Gasteiger charge is 2.36. The predicted octanol–water partition coefficient (Wildman–Crippen LogP) is 3.40. The van der Waals surface area contributed by atoms with Crippen LogP contribution in [-0.2, 0) is 16.0 Å². The van der Waals surface area contributed by atoms with Crippen molar-refractivity contribution in [3.8, 4) is 0 Å². The van der Waals surface area contributed by atoms with E-state index < -0.39 is 17.8 Å². The van der Waals surface area contributed by atoms with Crippen LogP contribution in [-0.4, -0.2) is 17.9 Å². The van der Waals surface area contributed by atoms with E-state index >= 15 is 0 Å². The molecule has 2 aromatic rings. The lowest BCUT2D eigenvalue weighted by Gasteiger charge is -2.23. The van der Waals surface area contributed by atoms with Crippen LogP contribution in [0.15, 0.2) is 42.5 Å². The number of hydrogen-bond donors (Lipinski definition) is 1. The van der Waals surface area contributed by atoms with E-state index in [0.29, 0.717) is 6.42 Å². The van der Waals surface area contributed by atoms with Crippen LogP contribution in [0, 0.1) is 5.82 Å². The third-order valence-corrected chi connectivity index (χ3v) is 4.04. The number of anilines is 2. The lowest BCUT2D eigenvalue weighted by molar-refractivity contribution is -0.122. The highest BCUT2D eigenvalue weighted by molar-refractivity contribution is 6.30. The fourth-order valence-corrected chi connectivity index (χ4v) is 2.95. The van der Waals surface area contributed by atoms with Gasteiger partial charge in [0.2, 0.25) is 11.8 Å². The van der Waals surface area contributed by atoms with E-state index in [4.69, 9.17) is 11.6 Å². The number of nitrogens with one attached hydrogen (secondary N) is 1. The Bertz CT molecular complexity index is 794. The normalized spacial score (nSPS) is 16.1. The number of carbonyl (C=O) groups is 2. The molecule has 0 unspecified atom stereocenters. The fraction of sp³-hybridized carbons (Fsp3) is 0.176. The molecule has 3 rings (SSSR count). The second-order valence-electron chi connectivity index (χ2n) is 5.35. The molecule has 1 aliphatic rings. The first-order valence-electron chi connectivity index (χ1n) is 7.11. The molecule has 0 saturated carbocycles. The van der Waals surface area contributed by atoms with E-state index in [0.717, 1.165) is 17.3 Å². The van der Waals surface area contributed by atoms with Gasteiger partial charge in [-0.05, 0) is 29.8 Å². The Kier molecular flexibility index (Phi) is 4.05. The van der Waals surface area contributed by atoms with Gasteiger partial charge in [-0.15, -0.1) is 0 Å². The van der Waals surface area contributed by atoms with E-state index in [1.54, 1.807) is 6.07 Å². The van der Waals surface area contributed by atoms with Crippen LogP contribution in [0.25, 0.3) is 0 Å². The lowest BCUT2D eigenvalue weighted by Crippen LogP contribution is -2.44. The minimum Gasteiger partial charge on any atom is -0.322 e. The number of hydrogen-bond acceptors (Lipinski definition) is 2. The van der Waals surface area contributed by atoms with Gasteiger partial charge < -0.3 is 5.32 Å². The predicted molar refractivity (Wildman–Crippen MR) is 87.1 cm³/mol. The van der Waals surface area contributed by atoms with Gasteiger partial charge in [-0.2, -0.15) is 0 Å². The second kappa shape index (κ2) is 6.01. The number of amides is 2. The molecule has 2 amide bonds. The number of benzene rings is 2. The number of fused-ring (bicyclic) bond motifs is 1. The van der Waals surface area contributed by atoms with Gasteiger partial charge in [-0.1, -0.05) is 29.8 Å². The second-order valence-corrected chi connectivity index (χ2v) is 5.79. The van der Waals surface area contributed by atoms with Crippen molar-refractivity contribution in [1.82, 2.24) is 0 Å². The lowest BCUT2D eigenvalue weighted by atomic mass is 10.1. The average Bonchev–Trinajstić information content (AvgIpc) is 2.89. The van der Waals surface area contributed by atoms with E-state index in [-0.39, 0.29) is 16.6 Å². The third kappa shape index (κ3) is 2.92. The summed E-state index contributed by atoms with van der Waals surface area (Å²) in [5, 5.41) is 2.78. The van der Waals surface area contributed by atoms with Crippen LogP contribution in [0.2, 0.25) is 5.02 Å². The van der Waals surface area contributed by atoms with Crippen molar-refractivity contribution in [2.24, 2.45) is 0 Å². The number of nitrogens with zero attached hydrogens (tertiary/aromatic N) is 1. The number of carbonyl (C=O) groups excluding carboxylic acids is 2. The Balaban J connectivity index is 1.86. The van der Waals surface area contributed by atoms with Crippen molar-refractivity contribution < 1.29 is 14.0 Å². The van der Waals surface area contributed by atoms with Crippen molar-refractivity contribution in [2.75, 3.05) is 10.2 Å². The molecule has 1 aliphatic heterocycles. The maximum absolute atomic E-state index is 13.8. The summed E-state index contributed by atoms with van der Waals surface area (Å²) in [6.45, 7) is 1.41. The summed E-state index contributed by atoms with van der Waals surface area (Å²) in [7, 11) is 0. The summed E-state index contributed by atoms with van der Waals surface area (Å²) >= 11 is 5.70. The van der Waals surface area contributed by atoms with Gasteiger partial charge in [-0.25, -0.2) is 4.39 Å². The van der Waals surface area contributed by atoms with Crippen LogP contribution < -0.4 is 10.2 Å². The molecule has 4 nitrogen and oxygen atoms in total. The number of halogens is 2. The molecule has 1 heterocycles. The molecule has 6 heteroatoms. The molecule has 118 valence electrons. The maximum Gasteiger partial charge on any atom is 0.247 e. The summed E-state index contributed by atoms with van der Waals surface area (Å²) < 4.78 is 13.8. The molecule has 2 aromatic carbocycles. The standard InChI is InChI=1S/C17H14ClFN2O2/c1-10(22)21-15-5-3-2-4-11(15)8-16(21)17(23)20-14-7-6-12(18)9-13(14)19/h2-7,9,16H,8H2,1H3,(H,20,23)/t16-/m1/s1. The molecular formula is C17H14ClFN2O2. The molecule has 0 aliphatic carbocycles. The van der Waals surface area contributed by atoms with Crippen molar-refractivity contribution in [3.05, 3.63) is 58.9 Å². The van der Waals surface area contributed by atoms with E-state index in [1.807, 2.05) is 18.2 Å². The first-order chi connectivity index (χ1) is 11.0. The van der Waals surface area contributed by atoms with E-state index in [9.17, 15) is 14.0 Å². The SMILES string of the molecule is CC(=O)N1c2ccccc2C[C@@H]1C(=O)Nc1ccc(Cl)cc1F. The molecule has 0 fully saturated rings. The van der Waals surface area contributed by atoms with Crippen LogP contribution in [0.5, 0.6) is 0 Å². The van der Waals surface area contributed by atoms with E-state index in [1.165, 1.54) is 24.0 Å². The van der Waals surface area contributed by atoms with Crippen molar-refractivity contribution in [1.29, 1.82) is 0 Å². The molecule has 0 bridgehead atoms. The summed E-state index contributed by atoms with van der Waals surface area (Å²) in [4.78, 5) is 25.9. The molecule has 0 spiro atoms. The minimum atomic E-state index is -0.694. The smallest absolute Gasteiger partial charge is 0.247 e. The molecule has 0 aromatic heterocycles. The summed E-state index contributed by atoms with van der Waals surface area (Å²) in [5.41, 5.74) is 1.68. The van der Waals surface area contributed by atoms with Crippen LogP contribution in [0.4, 0.5) is 15.8 Å². The monoisotopic (exact) mass is 332 g/mol. The Morgan fingerprint density at radius 2 is 2.00 bits per heavy atom. The van der Waals surface area contributed by atoms with Crippen LogP contribution >= 0.6 is 11.6 Å². The molecule has 0 radical (unpaired) electrons.